The number of piperazine rings is 1. The van der Waals surface area contributed by atoms with Crippen LogP contribution < -0.4 is 10.7 Å². The predicted octanol–water partition coefficient (Wildman–Crippen LogP) is 5.32. The molecular formula is C51H68N8O7. The number of aryl methyl sites for hydroxylation is 1. The lowest BCUT2D eigenvalue weighted by Crippen LogP contribution is -2.63. The van der Waals surface area contributed by atoms with E-state index in [0.717, 1.165) is 77.1 Å². The van der Waals surface area contributed by atoms with E-state index in [4.69, 9.17) is 14.5 Å². The minimum absolute atomic E-state index is 0.0176. The van der Waals surface area contributed by atoms with Gasteiger partial charge in [-0.3, -0.25) is 39.0 Å². The Bertz CT molecular complexity index is 2460. The van der Waals surface area contributed by atoms with Crippen molar-refractivity contribution < 1.29 is 33.8 Å². The molecule has 5 aliphatic rings. The topological polar surface area (TPSA) is 162 Å². The van der Waals surface area contributed by atoms with E-state index in [1.807, 2.05) is 39.0 Å². The first-order chi connectivity index (χ1) is 31.6. The molecule has 3 unspecified atom stereocenters. The summed E-state index contributed by atoms with van der Waals surface area (Å²) in [6.07, 6.45) is 4.10. The van der Waals surface area contributed by atoms with E-state index >= 15 is 0 Å². The third-order valence-electron chi connectivity index (χ3n) is 14.1. The molecule has 0 radical (unpaired) electrons. The normalized spacial score (nSPS) is 24.3. The summed E-state index contributed by atoms with van der Waals surface area (Å²) in [7, 11) is 3.37. The van der Waals surface area contributed by atoms with Gasteiger partial charge in [-0.1, -0.05) is 39.8 Å². The Morgan fingerprint density at radius 2 is 1.83 bits per heavy atom. The molecule has 4 fully saturated rings. The third-order valence-corrected chi connectivity index (χ3v) is 14.1. The molecule has 15 heteroatoms. The third kappa shape index (κ3) is 9.58. The van der Waals surface area contributed by atoms with Gasteiger partial charge in [0.05, 0.1) is 24.1 Å². The van der Waals surface area contributed by atoms with Crippen molar-refractivity contribution in [2.24, 2.45) is 11.3 Å². The van der Waals surface area contributed by atoms with Crippen LogP contribution in [-0.4, -0.2) is 142 Å². The molecule has 3 amide bonds. The quantitative estimate of drug-likeness (QED) is 0.187. The second-order valence-electron chi connectivity index (χ2n) is 19.9. The molecule has 66 heavy (non-hydrogen) atoms. The number of likely N-dealkylation sites (N-methyl/N-ethyl adjacent to an activating group) is 1. The molecule has 354 valence electrons. The van der Waals surface area contributed by atoms with Crippen LogP contribution in [0, 0.1) is 11.3 Å². The van der Waals surface area contributed by atoms with E-state index in [1.165, 1.54) is 5.01 Å². The molecule has 2 aromatic heterocycles. The van der Waals surface area contributed by atoms with Crippen LogP contribution in [0.1, 0.15) is 83.7 Å². The summed E-state index contributed by atoms with van der Waals surface area (Å²) in [5, 5.41) is 16.9. The summed E-state index contributed by atoms with van der Waals surface area (Å²) in [4.78, 5) is 68.5. The highest BCUT2D eigenvalue weighted by Gasteiger charge is 2.42. The number of carbonyl (C=O) groups is 4. The van der Waals surface area contributed by atoms with Crippen LogP contribution in [0.2, 0.25) is 0 Å². The van der Waals surface area contributed by atoms with E-state index in [-0.39, 0.29) is 42.7 Å². The molecule has 4 aromatic rings. The number of rotatable bonds is 9. The Hall–Kier alpha value is -5.35. The first kappa shape index (κ1) is 47.2. The number of cyclic esters (lactones) is 1. The lowest BCUT2D eigenvalue weighted by atomic mass is 9.84. The zero-order valence-electron chi connectivity index (χ0n) is 39.9. The van der Waals surface area contributed by atoms with Gasteiger partial charge in [0.2, 0.25) is 11.8 Å². The first-order valence-corrected chi connectivity index (χ1v) is 23.8. The van der Waals surface area contributed by atoms with Gasteiger partial charge in [0.25, 0.3) is 5.91 Å². The maximum absolute atomic E-state index is 14.8. The number of hydrogen-bond donors (Lipinski definition) is 3. The summed E-state index contributed by atoms with van der Waals surface area (Å²) in [6, 6.07) is 12.5. The molecule has 8 bridgehead atoms. The van der Waals surface area contributed by atoms with Crippen molar-refractivity contribution in [1.82, 2.24) is 40.0 Å². The van der Waals surface area contributed by atoms with Gasteiger partial charge in [0.15, 0.2) is 0 Å². The number of hydrogen-bond acceptors (Lipinski definition) is 11. The van der Waals surface area contributed by atoms with E-state index in [2.05, 4.69) is 64.1 Å². The minimum Gasteiger partial charge on any atom is -0.508 e. The van der Waals surface area contributed by atoms with Crippen molar-refractivity contribution in [2.45, 2.75) is 110 Å². The Morgan fingerprint density at radius 3 is 2.59 bits per heavy atom. The molecule has 7 atom stereocenters. The predicted molar refractivity (Wildman–Crippen MR) is 253 cm³/mol. The van der Waals surface area contributed by atoms with Crippen LogP contribution in [0.25, 0.3) is 33.3 Å². The van der Waals surface area contributed by atoms with Crippen LogP contribution in [0.3, 0.4) is 0 Å². The fourth-order valence-electron chi connectivity index (χ4n) is 10.7. The number of fused-ring (bicyclic) bond motifs is 10. The van der Waals surface area contributed by atoms with Gasteiger partial charge >= 0.3 is 5.97 Å². The summed E-state index contributed by atoms with van der Waals surface area (Å²) >= 11 is 0. The summed E-state index contributed by atoms with van der Waals surface area (Å²) in [5.74, 6) is -1.70. The number of methoxy groups -OCH3 is 1. The van der Waals surface area contributed by atoms with E-state index < -0.39 is 41.3 Å². The Morgan fingerprint density at radius 1 is 1.03 bits per heavy atom. The zero-order valence-corrected chi connectivity index (χ0v) is 39.9. The lowest BCUT2D eigenvalue weighted by molar-refractivity contribution is -0.155. The second kappa shape index (κ2) is 19.5. The van der Waals surface area contributed by atoms with Crippen LogP contribution in [-0.2, 0) is 48.0 Å². The van der Waals surface area contributed by atoms with E-state index in [0.29, 0.717) is 44.5 Å². The largest absolute Gasteiger partial charge is 0.508 e. The molecule has 9 rings (SSSR count). The van der Waals surface area contributed by atoms with Gasteiger partial charge in [0, 0.05) is 87.9 Å². The number of amides is 3. The molecule has 3 N–H and O–H groups in total. The van der Waals surface area contributed by atoms with Crippen LogP contribution in [0.5, 0.6) is 5.75 Å². The number of carbonyl (C=O) groups excluding carboxylic acids is 4. The Balaban J connectivity index is 1.20. The van der Waals surface area contributed by atoms with E-state index in [9.17, 15) is 24.3 Å². The number of phenolic OH excluding ortho intramolecular Hbond substituents is 1. The maximum atomic E-state index is 14.8. The number of nitrogens with one attached hydrogen (secondary N) is 2. The average molecular weight is 905 g/mol. The molecule has 7 heterocycles. The van der Waals surface area contributed by atoms with Crippen molar-refractivity contribution >= 4 is 34.6 Å². The number of hydrazine groups is 1. The SMILES string of the molecule is CCn1c(-c2cccnc2[C@H](C)OC)c2c3cc(ccc31)-c1cc(O)cc(c1)C[C@H](NC(=O)[C@H](C(C)C)N(C)C(=O)C1CN3CCCN1CC3)C(=O)N1CCC[C@H](N1)C(=O)OCC(C)(C)C2. The standard InChI is InChI=1S/C51H68N8O7/c1-9-58-42-16-15-34-27-38(42)39(46(58)37-13-10-17-52-44(37)32(4)65-8)28-51(5,6)30-66-50(64)40-14-11-20-59(54-40)48(62)41(25-33-23-35(34)26-36(60)24-33)53-47(61)45(31(2)3)55(7)49(63)43-29-56-18-12-19-57(43)22-21-56/h10,13,15-17,23-24,26-27,31-32,40-41,43,45,54,60H,9,11-12,14,18-22,25,28-30H2,1-8H3,(H,53,61)/t32-,40-,41-,43?,45-/m0/s1. The molecule has 4 saturated heterocycles. The van der Waals surface area contributed by atoms with E-state index in [1.54, 1.807) is 37.4 Å². The summed E-state index contributed by atoms with van der Waals surface area (Å²) in [6.45, 7) is 17.4. The van der Waals surface area contributed by atoms with Gasteiger partial charge in [-0.2, -0.15) is 0 Å². The van der Waals surface area contributed by atoms with Gasteiger partial charge in [0.1, 0.15) is 29.9 Å². The van der Waals surface area contributed by atoms with Crippen LogP contribution >= 0.6 is 0 Å². The van der Waals surface area contributed by atoms with Crippen molar-refractivity contribution in [3.05, 3.63) is 71.5 Å². The van der Waals surface area contributed by atoms with Gasteiger partial charge in [-0.25, -0.2) is 5.43 Å². The molecule has 0 saturated carbocycles. The summed E-state index contributed by atoms with van der Waals surface area (Å²) < 4.78 is 14.3. The highest BCUT2D eigenvalue weighted by atomic mass is 16.5. The summed E-state index contributed by atoms with van der Waals surface area (Å²) in [5.41, 5.74) is 9.76. The number of esters is 1. The van der Waals surface area contributed by atoms with Crippen molar-refractivity contribution in [2.75, 3.05) is 60.0 Å². The number of aromatic nitrogens is 2. The molecule has 0 aliphatic carbocycles. The highest BCUT2D eigenvalue weighted by molar-refractivity contribution is 5.96. The fourth-order valence-corrected chi connectivity index (χ4v) is 10.7. The number of ether oxygens (including phenoxy) is 2. The molecule has 0 spiro atoms. The van der Waals surface area contributed by atoms with Gasteiger partial charge in [-0.05, 0) is 111 Å². The zero-order chi connectivity index (χ0) is 47.0. The van der Waals surface area contributed by atoms with Crippen LogP contribution in [0.4, 0.5) is 0 Å². The van der Waals surface area contributed by atoms with Crippen molar-refractivity contribution in [3.63, 3.8) is 0 Å². The number of nitrogens with zero attached hydrogens (tertiary/aromatic N) is 6. The number of benzene rings is 2. The minimum atomic E-state index is -1.11. The maximum Gasteiger partial charge on any atom is 0.324 e. The second-order valence-corrected chi connectivity index (χ2v) is 19.9. The number of phenols is 1. The van der Waals surface area contributed by atoms with Crippen LogP contribution in [0.15, 0.2) is 54.7 Å². The number of pyridine rings is 1. The van der Waals surface area contributed by atoms with Crippen molar-refractivity contribution in [1.29, 1.82) is 0 Å². The Labute approximate surface area is 388 Å². The highest BCUT2D eigenvalue weighted by Crippen LogP contribution is 2.42. The monoisotopic (exact) mass is 905 g/mol. The average Bonchev–Trinajstić information content (AvgIpc) is 3.45. The van der Waals surface area contributed by atoms with Gasteiger partial charge in [-0.15, -0.1) is 0 Å². The smallest absolute Gasteiger partial charge is 0.324 e. The first-order valence-electron chi connectivity index (χ1n) is 23.8. The molecule has 5 aliphatic heterocycles. The van der Waals surface area contributed by atoms with Gasteiger partial charge < -0.3 is 29.4 Å². The molecular weight excluding hydrogens is 837 g/mol. The Kier molecular flexibility index (Phi) is 13.9. The lowest BCUT2D eigenvalue weighted by Gasteiger charge is -2.41. The van der Waals surface area contributed by atoms with Crippen molar-refractivity contribution in [3.8, 4) is 28.1 Å². The number of aromatic hydroxyl groups is 1. The molecule has 15 nitrogen and oxygen atoms in total. The fraction of sp³-hybridized carbons (Fsp3) is 0.549. The molecule has 2 aromatic carbocycles.